The van der Waals surface area contributed by atoms with Gasteiger partial charge in [-0.1, -0.05) is 25.3 Å². The van der Waals surface area contributed by atoms with Crippen LogP contribution in [0.5, 0.6) is 0 Å². The fourth-order valence-electron chi connectivity index (χ4n) is 3.15. The highest BCUT2D eigenvalue weighted by Gasteiger charge is 2.20. The molecule has 108 valence electrons. The maximum Gasteiger partial charge on any atom is 0.0794 e. The SMILES string of the molecule is C[C@H](NCc1cn[nH]c1-c1cccs1)C1CCCCC1. The van der Waals surface area contributed by atoms with E-state index in [2.05, 4.69) is 40.0 Å². The Balaban J connectivity index is 1.60. The van der Waals surface area contributed by atoms with Gasteiger partial charge in [0.2, 0.25) is 0 Å². The Morgan fingerprint density at radius 2 is 2.25 bits per heavy atom. The van der Waals surface area contributed by atoms with Crippen molar-refractivity contribution >= 4 is 11.3 Å². The molecule has 0 spiro atoms. The molecule has 2 aromatic heterocycles. The summed E-state index contributed by atoms with van der Waals surface area (Å²) in [5.41, 5.74) is 2.44. The second kappa shape index (κ2) is 6.55. The van der Waals surface area contributed by atoms with Crippen LogP contribution in [-0.2, 0) is 6.54 Å². The van der Waals surface area contributed by atoms with E-state index < -0.39 is 0 Å². The van der Waals surface area contributed by atoms with Crippen molar-refractivity contribution in [2.75, 3.05) is 0 Å². The first-order valence-corrected chi connectivity index (χ1v) is 8.52. The van der Waals surface area contributed by atoms with E-state index >= 15 is 0 Å². The summed E-state index contributed by atoms with van der Waals surface area (Å²) in [6, 6.07) is 4.83. The highest BCUT2D eigenvalue weighted by Crippen LogP contribution is 2.28. The standard InChI is InChI=1S/C16H23N3S/c1-12(13-6-3-2-4-7-13)17-10-14-11-18-19-16(14)15-8-5-9-20-15/h5,8-9,11-13,17H,2-4,6-7,10H2,1H3,(H,18,19)/t12-/m0/s1. The van der Waals surface area contributed by atoms with Gasteiger partial charge in [0.15, 0.2) is 0 Å². The molecule has 1 aliphatic rings. The molecule has 1 aliphatic carbocycles. The minimum Gasteiger partial charge on any atom is -0.310 e. The monoisotopic (exact) mass is 289 g/mol. The van der Waals surface area contributed by atoms with Crippen LogP contribution in [0.1, 0.15) is 44.6 Å². The lowest BCUT2D eigenvalue weighted by Crippen LogP contribution is -2.34. The van der Waals surface area contributed by atoms with Crippen molar-refractivity contribution in [1.82, 2.24) is 15.5 Å². The van der Waals surface area contributed by atoms with E-state index in [9.17, 15) is 0 Å². The molecule has 20 heavy (non-hydrogen) atoms. The van der Waals surface area contributed by atoms with Crippen LogP contribution >= 0.6 is 11.3 Å². The number of nitrogens with one attached hydrogen (secondary N) is 2. The summed E-state index contributed by atoms with van der Waals surface area (Å²) < 4.78 is 0. The van der Waals surface area contributed by atoms with Crippen LogP contribution in [0.15, 0.2) is 23.7 Å². The third kappa shape index (κ3) is 3.13. The normalized spacial score (nSPS) is 18.2. The summed E-state index contributed by atoms with van der Waals surface area (Å²) >= 11 is 1.76. The van der Waals surface area contributed by atoms with Crippen LogP contribution in [0.25, 0.3) is 10.6 Å². The number of hydrogen-bond donors (Lipinski definition) is 2. The number of nitrogens with zero attached hydrogens (tertiary/aromatic N) is 1. The van der Waals surface area contributed by atoms with Gasteiger partial charge in [-0.25, -0.2) is 0 Å². The molecule has 1 atom stereocenters. The van der Waals surface area contributed by atoms with Crippen LogP contribution in [-0.4, -0.2) is 16.2 Å². The third-order valence-electron chi connectivity index (χ3n) is 4.46. The largest absolute Gasteiger partial charge is 0.310 e. The molecule has 0 bridgehead atoms. The second-order valence-corrected chi connectivity index (χ2v) is 6.76. The van der Waals surface area contributed by atoms with Gasteiger partial charge >= 0.3 is 0 Å². The van der Waals surface area contributed by atoms with Gasteiger partial charge in [-0.3, -0.25) is 5.10 Å². The smallest absolute Gasteiger partial charge is 0.0794 e. The van der Waals surface area contributed by atoms with Gasteiger partial charge in [0.1, 0.15) is 0 Å². The molecule has 0 saturated heterocycles. The van der Waals surface area contributed by atoms with Crippen LogP contribution in [0.4, 0.5) is 0 Å². The van der Waals surface area contributed by atoms with Crippen molar-refractivity contribution in [3.63, 3.8) is 0 Å². The Labute approximate surface area is 124 Å². The van der Waals surface area contributed by atoms with Gasteiger partial charge in [0, 0.05) is 18.2 Å². The second-order valence-electron chi connectivity index (χ2n) is 5.82. The zero-order valence-electron chi connectivity index (χ0n) is 12.1. The van der Waals surface area contributed by atoms with Crippen molar-refractivity contribution in [3.8, 4) is 10.6 Å². The van der Waals surface area contributed by atoms with Gasteiger partial charge in [0.25, 0.3) is 0 Å². The van der Waals surface area contributed by atoms with Crippen LogP contribution < -0.4 is 5.32 Å². The molecule has 3 nitrogen and oxygen atoms in total. The molecule has 0 amide bonds. The molecule has 0 aliphatic heterocycles. The third-order valence-corrected chi connectivity index (χ3v) is 5.34. The van der Waals surface area contributed by atoms with Crippen LogP contribution in [0, 0.1) is 5.92 Å². The predicted molar refractivity (Wildman–Crippen MR) is 84.8 cm³/mol. The molecule has 0 radical (unpaired) electrons. The highest BCUT2D eigenvalue weighted by atomic mass is 32.1. The summed E-state index contributed by atoms with van der Waals surface area (Å²) in [7, 11) is 0. The van der Waals surface area contributed by atoms with E-state index in [0.29, 0.717) is 6.04 Å². The van der Waals surface area contributed by atoms with Crippen molar-refractivity contribution in [2.45, 2.75) is 51.6 Å². The Kier molecular flexibility index (Phi) is 4.53. The minimum absolute atomic E-state index is 0.599. The lowest BCUT2D eigenvalue weighted by molar-refractivity contribution is 0.281. The van der Waals surface area contributed by atoms with Crippen LogP contribution in [0.3, 0.4) is 0 Å². The first-order chi connectivity index (χ1) is 9.84. The van der Waals surface area contributed by atoms with Gasteiger partial charge in [0.05, 0.1) is 16.8 Å². The van der Waals surface area contributed by atoms with E-state index in [0.717, 1.165) is 12.5 Å². The average Bonchev–Trinajstić information content (AvgIpc) is 3.16. The first-order valence-electron chi connectivity index (χ1n) is 7.64. The summed E-state index contributed by atoms with van der Waals surface area (Å²) in [5.74, 6) is 0.848. The molecule has 1 saturated carbocycles. The number of rotatable bonds is 5. The van der Waals surface area contributed by atoms with E-state index in [1.54, 1.807) is 11.3 Å². The van der Waals surface area contributed by atoms with Gasteiger partial charge in [-0.2, -0.15) is 5.10 Å². The van der Waals surface area contributed by atoms with Crippen molar-refractivity contribution in [2.24, 2.45) is 5.92 Å². The van der Waals surface area contributed by atoms with Crippen molar-refractivity contribution in [1.29, 1.82) is 0 Å². The summed E-state index contributed by atoms with van der Waals surface area (Å²) in [6.07, 6.45) is 8.96. The zero-order valence-corrected chi connectivity index (χ0v) is 12.9. The van der Waals surface area contributed by atoms with Crippen molar-refractivity contribution in [3.05, 3.63) is 29.3 Å². The first kappa shape index (κ1) is 13.8. The Morgan fingerprint density at radius 1 is 1.40 bits per heavy atom. The lowest BCUT2D eigenvalue weighted by Gasteiger charge is -2.28. The number of aromatic nitrogens is 2. The zero-order chi connectivity index (χ0) is 13.8. The number of hydrogen-bond acceptors (Lipinski definition) is 3. The van der Waals surface area contributed by atoms with Gasteiger partial charge < -0.3 is 5.32 Å². The minimum atomic E-state index is 0.599. The molecule has 0 aromatic carbocycles. The molecule has 2 aromatic rings. The molecule has 0 unspecified atom stereocenters. The Bertz CT molecular complexity index is 512. The molecule has 3 rings (SSSR count). The Morgan fingerprint density at radius 3 is 3.00 bits per heavy atom. The molecule has 2 heterocycles. The summed E-state index contributed by atoms with van der Waals surface area (Å²) in [4.78, 5) is 1.27. The molecule has 2 N–H and O–H groups in total. The lowest BCUT2D eigenvalue weighted by atomic mass is 9.84. The van der Waals surface area contributed by atoms with E-state index in [1.165, 1.54) is 48.2 Å². The molecule has 1 fully saturated rings. The molecule has 4 heteroatoms. The van der Waals surface area contributed by atoms with Crippen molar-refractivity contribution < 1.29 is 0 Å². The van der Waals surface area contributed by atoms with Crippen LogP contribution in [0.2, 0.25) is 0 Å². The quantitative estimate of drug-likeness (QED) is 0.866. The average molecular weight is 289 g/mol. The number of aromatic amines is 1. The maximum atomic E-state index is 4.21. The van der Waals surface area contributed by atoms with Gasteiger partial charge in [-0.05, 0) is 37.1 Å². The number of H-pyrrole nitrogens is 1. The fraction of sp³-hybridized carbons (Fsp3) is 0.562. The van der Waals surface area contributed by atoms with E-state index in [-0.39, 0.29) is 0 Å². The molecular weight excluding hydrogens is 266 g/mol. The predicted octanol–water partition coefficient (Wildman–Crippen LogP) is 4.20. The molecular formula is C16H23N3S. The van der Waals surface area contributed by atoms with E-state index in [4.69, 9.17) is 0 Å². The van der Waals surface area contributed by atoms with E-state index in [1.807, 2.05) is 6.20 Å². The summed E-state index contributed by atoms with van der Waals surface area (Å²) in [5, 5.41) is 13.2. The highest BCUT2D eigenvalue weighted by molar-refractivity contribution is 7.13. The number of thiophene rings is 1. The van der Waals surface area contributed by atoms with Gasteiger partial charge in [-0.15, -0.1) is 11.3 Å². The fourth-order valence-corrected chi connectivity index (χ4v) is 3.91. The topological polar surface area (TPSA) is 40.7 Å². The summed E-state index contributed by atoms with van der Waals surface area (Å²) in [6.45, 7) is 3.24. The maximum absolute atomic E-state index is 4.21. The Hall–Kier alpha value is -1.13.